The molecule has 0 radical (unpaired) electrons. The van der Waals surface area contributed by atoms with Crippen LogP contribution in [0.3, 0.4) is 0 Å². The first-order chi connectivity index (χ1) is 10.2. The van der Waals surface area contributed by atoms with Crippen LogP contribution in [0.15, 0.2) is 0 Å². The molecule has 1 amide bonds. The van der Waals surface area contributed by atoms with Crippen LogP contribution in [-0.2, 0) is 14.3 Å². The molecule has 1 saturated carbocycles. The highest BCUT2D eigenvalue weighted by atomic mass is 16.6. The van der Waals surface area contributed by atoms with Gasteiger partial charge in [-0.1, -0.05) is 19.3 Å². The van der Waals surface area contributed by atoms with Crippen molar-refractivity contribution in [3.8, 4) is 0 Å². The summed E-state index contributed by atoms with van der Waals surface area (Å²) in [5, 5.41) is 0. The van der Waals surface area contributed by atoms with E-state index >= 15 is 0 Å². The van der Waals surface area contributed by atoms with Crippen LogP contribution in [0.25, 0.3) is 0 Å². The lowest BCUT2D eigenvalue weighted by Crippen LogP contribution is -2.53. The highest BCUT2D eigenvalue weighted by molar-refractivity contribution is 5.70. The van der Waals surface area contributed by atoms with Gasteiger partial charge in [0.25, 0.3) is 0 Å². The number of hydrogen-bond donors (Lipinski definition) is 0. The molecule has 2 fully saturated rings. The summed E-state index contributed by atoms with van der Waals surface area (Å²) >= 11 is 0. The van der Waals surface area contributed by atoms with E-state index in [-0.39, 0.29) is 18.1 Å². The second-order valence-electron chi connectivity index (χ2n) is 7.93. The van der Waals surface area contributed by atoms with Gasteiger partial charge in [-0.05, 0) is 46.5 Å². The predicted molar refractivity (Wildman–Crippen MR) is 83.4 cm³/mol. The highest BCUT2D eigenvalue weighted by Gasteiger charge is 2.50. The summed E-state index contributed by atoms with van der Waals surface area (Å²) in [7, 11) is 0. The van der Waals surface area contributed by atoms with Crippen LogP contribution in [0.1, 0.15) is 60.3 Å². The van der Waals surface area contributed by atoms with Crippen LogP contribution in [0.2, 0.25) is 0 Å². The van der Waals surface area contributed by atoms with Crippen molar-refractivity contribution in [2.75, 3.05) is 6.61 Å². The third-order valence-electron chi connectivity index (χ3n) is 4.73. The second kappa shape index (κ2) is 6.19. The molecular weight excluding hydrogens is 282 g/mol. The molecule has 1 aliphatic heterocycles. The van der Waals surface area contributed by atoms with Crippen LogP contribution in [-0.4, -0.2) is 41.3 Å². The summed E-state index contributed by atoms with van der Waals surface area (Å²) in [5.74, 6) is 0.679. The lowest BCUT2D eigenvalue weighted by molar-refractivity contribution is -0.110. The SMILES string of the molecule is CC(C)(C)OC(=O)N1[C@@H]([C@H](CC=O)C2CCC2)COC1(C)C. The zero-order valence-corrected chi connectivity index (χ0v) is 14.4. The second-order valence-corrected chi connectivity index (χ2v) is 7.93. The van der Waals surface area contributed by atoms with Gasteiger partial charge in [0.2, 0.25) is 0 Å². The number of amides is 1. The Balaban J connectivity index is 2.20. The van der Waals surface area contributed by atoms with Crippen molar-refractivity contribution < 1.29 is 19.1 Å². The van der Waals surface area contributed by atoms with E-state index in [1.165, 1.54) is 6.42 Å². The van der Waals surface area contributed by atoms with Crippen molar-refractivity contribution in [3.63, 3.8) is 0 Å². The van der Waals surface area contributed by atoms with Gasteiger partial charge >= 0.3 is 6.09 Å². The minimum Gasteiger partial charge on any atom is -0.444 e. The molecule has 2 aliphatic rings. The Hall–Kier alpha value is -1.10. The number of rotatable bonds is 4. The molecule has 5 heteroatoms. The summed E-state index contributed by atoms with van der Waals surface area (Å²) in [5.41, 5.74) is -1.24. The maximum absolute atomic E-state index is 12.7. The smallest absolute Gasteiger partial charge is 0.412 e. The maximum Gasteiger partial charge on any atom is 0.412 e. The molecule has 0 aromatic heterocycles. The van der Waals surface area contributed by atoms with Crippen LogP contribution in [0, 0.1) is 11.8 Å². The standard InChI is InChI=1S/C17H29NO4/c1-16(2,3)22-15(20)18-14(11-21-17(18,4)5)13(9-10-19)12-7-6-8-12/h10,12-14H,6-9,11H2,1-5H3/t13-,14-/m1/s1. The largest absolute Gasteiger partial charge is 0.444 e. The van der Waals surface area contributed by atoms with Crippen molar-refractivity contribution in [3.05, 3.63) is 0 Å². The van der Waals surface area contributed by atoms with Crippen molar-refractivity contribution >= 4 is 12.4 Å². The summed E-state index contributed by atoms with van der Waals surface area (Å²) in [6.45, 7) is 9.82. The van der Waals surface area contributed by atoms with Crippen LogP contribution in [0.4, 0.5) is 4.79 Å². The number of ether oxygens (including phenoxy) is 2. The first-order valence-corrected chi connectivity index (χ1v) is 8.25. The highest BCUT2D eigenvalue weighted by Crippen LogP contribution is 2.42. The fourth-order valence-electron chi connectivity index (χ4n) is 3.46. The van der Waals surface area contributed by atoms with Crippen LogP contribution < -0.4 is 0 Å². The number of carbonyl (C=O) groups excluding carboxylic acids is 2. The summed E-state index contributed by atoms with van der Waals surface area (Å²) < 4.78 is 11.4. The molecule has 0 aromatic carbocycles. The van der Waals surface area contributed by atoms with Crippen LogP contribution in [0.5, 0.6) is 0 Å². The van der Waals surface area contributed by atoms with E-state index in [0.717, 1.165) is 19.1 Å². The van der Waals surface area contributed by atoms with Gasteiger partial charge in [-0.2, -0.15) is 0 Å². The monoisotopic (exact) mass is 311 g/mol. The molecule has 22 heavy (non-hydrogen) atoms. The van der Waals surface area contributed by atoms with Gasteiger partial charge in [-0.3, -0.25) is 4.90 Å². The van der Waals surface area contributed by atoms with Gasteiger partial charge < -0.3 is 14.3 Å². The summed E-state index contributed by atoms with van der Waals surface area (Å²) in [6, 6.07) is -0.0830. The van der Waals surface area contributed by atoms with E-state index in [0.29, 0.717) is 18.9 Å². The molecule has 0 bridgehead atoms. The molecule has 1 aliphatic carbocycles. The molecule has 0 unspecified atom stereocenters. The lowest BCUT2D eigenvalue weighted by atomic mass is 9.71. The molecule has 0 aromatic rings. The molecule has 1 heterocycles. The molecule has 2 atom stereocenters. The normalized spacial score (nSPS) is 26.4. The maximum atomic E-state index is 12.7. The van der Waals surface area contributed by atoms with Crippen molar-refractivity contribution in [1.82, 2.24) is 4.90 Å². The fraction of sp³-hybridized carbons (Fsp3) is 0.882. The summed E-state index contributed by atoms with van der Waals surface area (Å²) in [6.07, 6.45) is 4.59. The Morgan fingerprint density at radius 1 is 1.41 bits per heavy atom. The van der Waals surface area contributed by atoms with E-state index in [4.69, 9.17) is 9.47 Å². The topological polar surface area (TPSA) is 55.8 Å². The molecule has 126 valence electrons. The third-order valence-corrected chi connectivity index (χ3v) is 4.73. The van der Waals surface area contributed by atoms with Crippen molar-refractivity contribution in [2.45, 2.75) is 77.7 Å². The number of aldehydes is 1. The van der Waals surface area contributed by atoms with Crippen molar-refractivity contribution in [1.29, 1.82) is 0 Å². The number of nitrogens with zero attached hydrogens (tertiary/aromatic N) is 1. The van der Waals surface area contributed by atoms with Crippen molar-refractivity contribution in [2.24, 2.45) is 11.8 Å². The average Bonchev–Trinajstić information content (AvgIpc) is 2.59. The first-order valence-electron chi connectivity index (χ1n) is 8.25. The quantitative estimate of drug-likeness (QED) is 0.747. The molecule has 0 spiro atoms. The van der Waals surface area contributed by atoms with Gasteiger partial charge in [0.05, 0.1) is 12.6 Å². The Morgan fingerprint density at radius 2 is 2.05 bits per heavy atom. The van der Waals surface area contributed by atoms with E-state index in [1.807, 2.05) is 34.6 Å². The number of carbonyl (C=O) groups is 2. The van der Waals surface area contributed by atoms with E-state index in [2.05, 4.69) is 0 Å². The Labute approximate surface area is 133 Å². The summed E-state index contributed by atoms with van der Waals surface area (Å²) in [4.78, 5) is 25.5. The molecule has 5 nitrogen and oxygen atoms in total. The molecule has 2 rings (SSSR count). The zero-order chi connectivity index (χ0) is 16.5. The molecular formula is C17H29NO4. The van der Waals surface area contributed by atoms with Gasteiger partial charge in [0, 0.05) is 6.42 Å². The zero-order valence-electron chi connectivity index (χ0n) is 14.4. The van der Waals surface area contributed by atoms with Gasteiger partial charge in [-0.15, -0.1) is 0 Å². The third kappa shape index (κ3) is 3.62. The molecule has 0 N–H and O–H groups in total. The lowest BCUT2D eigenvalue weighted by Gasteiger charge is -2.42. The van der Waals surface area contributed by atoms with E-state index < -0.39 is 11.3 Å². The van der Waals surface area contributed by atoms with Gasteiger partial charge in [0.15, 0.2) is 0 Å². The minimum atomic E-state index is -0.697. The Bertz CT molecular complexity index is 423. The van der Waals surface area contributed by atoms with E-state index in [1.54, 1.807) is 4.90 Å². The molecule has 1 saturated heterocycles. The minimum absolute atomic E-state index is 0.0830. The fourth-order valence-corrected chi connectivity index (χ4v) is 3.46. The average molecular weight is 311 g/mol. The Morgan fingerprint density at radius 3 is 2.50 bits per heavy atom. The predicted octanol–water partition coefficient (Wildman–Crippen LogP) is 3.36. The van der Waals surface area contributed by atoms with Gasteiger partial charge in [0.1, 0.15) is 17.6 Å². The number of hydrogen-bond acceptors (Lipinski definition) is 4. The van der Waals surface area contributed by atoms with Crippen LogP contribution >= 0.6 is 0 Å². The van der Waals surface area contributed by atoms with E-state index in [9.17, 15) is 9.59 Å². The Kier molecular flexibility index (Phi) is 4.85. The first kappa shape index (κ1) is 17.3. The van der Waals surface area contributed by atoms with Gasteiger partial charge in [-0.25, -0.2) is 4.79 Å².